The molecule has 1 aliphatic rings. The molecule has 20 heavy (non-hydrogen) atoms. The van der Waals surface area contributed by atoms with E-state index in [1.165, 1.54) is 40.7 Å². The first-order valence-electron chi connectivity index (χ1n) is 7.59. The highest BCUT2D eigenvalue weighted by Crippen LogP contribution is 2.45. The van der Waals surface area contributed by atoms with E-state index in [-0.39, 0.29) is 0 Å². The van der Waals surface area contributed by atoms with E-state index in [1.807, 2.05) is 0 Å². The van der Waals surface area contributed by atoms with Crippen LogP contribution in [-0.2, 0) is 0 Å². The maximum atomic E-state index is 2.40. The van der Waals surface area contributed by atoms with Crippen LogP contribution in [-0.4, -0.2) is 0 Å². The van der Waals surface area contributed by atoms with Crippen molar-refractivity contribution in [3.63, 3.8) is 0 Å². The summed E-state index contributed by atoms with van der Waals surface area (Å²) in [4.78, 5) is 0. The van der Waals surface area contributed by atoms with Crippen LogP contribution in [0, 0.1) is 13.8 Å². The Labute approximate surface area is 122 Å². The molecule has 0 N–H and O–H groups in total. The fourth-order valence-corrected chi connectivity index (χ4v) is 3.35. The Morgan fingerprint density at radius 1 is 0.950 bits per heavy atom. The lowest BCUT2D eigenvalue weighted by Crippen LogP contribution is -2.00. The first-order valence-corrected chi connectivity index (χ1v) is 7.59. The van der Waals surface area contributed by atoms with Crippen molar-refractivity contribution in [1.29, 1.82) is 0 Å². The minimum atomic E-state index is 0.568. The zero-order valence-corrected chi connectivity index (χ0v) is 12.6. The second-order valence-electron chi connectivity index (χ2n) is 5.88. The minimum Gasteiger partial charge on any atom is -0.0653 e. The van der Waals surface area contributed by atoms with Crippen molar-refractivity contribution in [1.82, 2.24) is 0 Å². The third-order valence-corrected chi connectivity index (χ3v) is 4.35. The van der Waals surface area contributed by atoms with E-state index in [4.69, 9.17) is 0 Å². The molecule has 0 saturated carbocycles. The first kappa shape index (κ1) is 13.2. The molecule has 1 unspecified atom stereocenters. The maximum Gasteiger partial charge on any atom is 0.0104 e. The van der Waals surface area contributed by atoms with Crippen molar-refractivity contribution in [3.8, 4) is 0 Å². The number of allylic oxidation sites excluding steroid dienone is 1. The molecule has 2 aromatic rings. The summed E-state index contributed by atoms with van der Waals surface area (Å²) < 4.78 is 0. The van der Waals surface area contributed by atoms with Crippen molar-refractivity contribution in [2.24, 2.45) is 0 Å². The highest BCUT2D eigenvalue weighted by atomic mass is 14.3. The van der Waals surface area contributed by atoms with Gasteiger partial charge in [-0.25, -0.2) is 0 Å². The second kappa shape index (κ2) is 5.28. The van der Waals surface area contributed by atoms with Gasteiger partial charge in [-0.3, -0.25) is 0 Å². The molecule has 0 amide bonds. The zero-order valence-electron chi connectivity index (χ0n) is 12.6. The number of fused-ring (bicyclic) bond motifs is 1. The third-order valence-electron chi connectivity index (χ3n) is 4.35. The maximum absolute atomic E-state index is 2.40. The average Bonchev–Trinajstić information content (AvgIpc) is 2.80. The normalized spacial score (nSPS) is 16.9. The van der Waals surface area contributed by atoms with Crippen LogP contribution in [0.2, 0.25) is 0 Å². The fraction of sp³-hybridized carbons (Fsp3) is 0.300. The molecule has 2 aromatic carbocycles. The lowest BCUT2D eigenvalue weighted by atomic mass is 9.85. The zero-order chi connectivity index (χ0) is 14.1. The van der Waals surface area contributed by atoms with E-state index in [2.05, 4.69) is 69.3 Å². The topological polar surface area (TPSA) is 0 Å². The highest BCUT2D eigenvalue weighted by Gasteiger charge is 2.26. The predicted octanol–water partition coefficient (Wildman–Crippen LogP) is 5.74. The van der Waals surface area contributed by atoms with Gasteiger partial charge in [0, 0.05) is 5.92 Å². The van der Waals surface area contributed by atoms with E-state index in [0.29, 0.717) is 5.92 Å². The Balaban J connectivity index is 2.08. The largest absolute Gasteiger partial charge is 0.0653 e. The Morgan fingerprint density at radius 2 is 1.70 bits per heavy atom. The molecule has 0 spiro atoms. The second-order valence-corrected chi connectivity index (χ2v) is 5.88. The van der Waals surface area contributed by atoms with Crippen LogP contribution < -0.4 is 0 Å². The molecule has 102 valence electrons. The van der Waals surface area contributed by atoms with Crippen molar-refractivity contribution in [3.05, 3.63) is 70.3 Å². The number of hydrogen-bond donors (Lipinski definition) is 0. The summed E-state index contributed by atoms with van der Waals surface area (Å²) in [6, 6.07) is 15.6. The summed E-state index contributed by atoms with van der Waals surface area (Å²) in [5.74, 6) is 0.568. The SMILES string of the molecule is CCCC1C(c2ccc(C)cc2)=Cc2cccc(C)c21. The minimum absolute atomic E-state index is 0.568. The molecule has 0 nitrogen and oxygen atoms in total. The summed E-state index contributed by atoms with van der Waals surface area (Å²) in [7, 11) is 0. The Morgan fingerprint density at radius 3 is 2.40 bits per heavy atom. The third kappa shape index (κ3) is 2.20. The van der Waals surface area contributed by atoms with Gasteiger partial charge in [0.1, 0.15) is 0 Å². The van der Waals surface area contributed by atoms with E-state index in [0.717, 1.165) is 0 Å². The summed E-state index contributed by atoms with van der Waals surface area (Å²) in [5, 5.41) is 0. The lowest BCUT2D eigenvalue weighted by Gasteiger charge is -2.18. The fourth-order valence-electron chi connectivity index (χ4n) is 3.35. The number of rotatable bonds is 3. The van der Waals surface area contributed by atoms with Gasteiger partial charge in [-0.2, -0.15) is 0 Å². The van der Waals surface area contributed by atoms with Gasteiger partial charge in [0.25, 0.3) is 0 Å². The molecule has 0 saturated heterocycles. The van der Waals surface area contributed by atoms with Crippen LogP contribution in [0.4, 0.5) is 0 Å². The lowest BCUT2D eigenvalue weighted by molar-refractivity contribution is 0.733. The molecule has 0 aromatic heterocycles. The Kier molecular flexibility index (Phi) is 3.48. The van der Waals surface area contributed by atoms with Crippen molar-refractivity contribution < 1.29 is 0 Å². The molecule has 0 fully saturated rings. The van der Waals surface area contributed by atoms with Gasteiger partial charge in [-0.1, -0.05) is 67.4 Å². The van der Waals surface area contributed by atoms with Crippen LogP contribution in [0.3, 0.4) is 0 Å². The molecular formula is C20H22. The van der Waals surface area contributed by atoms with Gasteiger partial charge in [0.2, 0.25) is 0 Å². The summed E-state index contributed by atoms with van der Waals surface area (Å²) in [5.41, 5.74) is 8.59. The summed E-state index contributed by atoms with van der Waals surface area (Å²) in [6.45, 7) is 6.67. The highest BCUT2D eigenvalue weighted by molar-refractivity contribution is 5.92. The first-order chi connectivity index (χ1) is 9.70. The quantitative estimate of drug-likeness (QED) is 0.661. The number of hydrogen-bond acceptors (Lipinski definition) is 0. The average molecular weight is 262 g/mol. The molecule has 0 heterocycles. The smallest absolute Gasteiger partial charge is 0.0104 e. The van der Waals surface area contributed by atoms with E-state index >= 15 is 0 Å². The van der Waals surface area contributed by atoms with Gasteiger partial charge >= 0.3 is 0 Å². The van der Waals surface area contributed by atoms with Crippen LogP contribution in [0.25, 0.3) is 11.6 Å². The van der Waals surface area contributed by atoms with E-state index in [1.54, 1.807) is 5.56 Å². The van der Waals surface area contributed by atoms with Gasteiger partial charge in [0.05, 0.1) is 0 Å². The molecule has 0 radical (unpaired) electrons. The summed E-state index contributed by atoms with van der Waals surface area (Å²) in [6.07, 6.45) is 4.85. The van der Waals surface area contributed by atoms with Crippen LogP contribution >= 0.6 is 0 Å². The Hall–Kier alpha value is -1.82. The van der Waals surface area contributed by atoms with Crippen LogP contribution in [0.5, 0.6) is 0 Å². The van der Waals surface area contributed by atoms with Crippen molar-refractivity contribution >= 4 is 11.6 Å². The molecule has 3 rings (SSSR count). The monoisotopic (exact) mass is 262 g/mol. The van der Waals surface area contributed by atoms with E-state index in [9.17, 15) is 0 Å². The van der Waals surface area contributed by atoms with E-state index < -0.39 is 0 Å². The Bertz CT molecular complexity index is 644. The molecule has 1 aliphatic carbocycles. The van der Waals surface area contributed by atoms with Gasteiger partial charge in [0.15, 0.2) is 0 Å². The molecule has 1 atom stereocenters. The molecule has 0 bridgehead atoms. The van der Waals surface area contributed by atoms with Gasteiger partial charge in [-0.15, -0.1) is 0 Å². The molecule has 0 heteroatoms. The van der Waals surface area contributed by atoms with Crippen LogP contribution in [0.15, 0.2) is 42.5 Å². The van der Waals surface area contributed by atoms with Gasteiger partial charge < -0.3 is 0 Å². The van der Waals surface area contributed by atoms with Crippen LogP contribution in [0.1, 0.15) is 53.5 Å². The van der Waals surface area contributed by atoms with Crippen molar-refractivity contribution in [2.75, 3.05) is 0 Å². The predicted molar refractivity (Wildman–Crippen MR) is 87.9 cm³/mol. The van der Waals surface area contributed by atoms with Gasteiger partial charge in [-0.05, 0) is 48.1 Å². The summed E-state index contributed by atoms with van der Waals surface area (Å²) >= 11 is 0. The standard InChI is InChI=1S/C20H22/c1-4-6-18-19(16-11-9-14(2)10-12-16)13-17-8-5-7-15(3)20(17)18/h5,7-13,18H,4,6H2,1-3H3. The molecule has 0 aliphatic heterocycles. The number of benzene rings is 2. The number of aryl methyl sites for hydroxylation is 2. The molecular weight excluding hydrogens is 240 g/mol. The van der Waals surface area contributed by atoms with Crippen molar-refractivity contribution in [2.45, 2.75) is 39.5 Å².